The van der Waals surface area contributed by atoms with Crippen LogP contribution in [0.4, 0.5) is 10.5 Å². The smallest absolute Gasteiger partial charge is 0.407 e. The van der Waals surface area contributed by atoms with E-state index >= 15 is 0 Å². The first-order valence-electron chi connectivity index (χ1n) is 4.96. The molecule has 0 saturated carbocycles. The molecular formula is C11H12N2O3. The number of anilines is 1. The van der Waals surface area contributed by atoms with E-state index in [1.54, 1.807) is 6.07 Å². The minimum atomic E-state index is -0.407. The van der Waals surface area contributed by atoms with Gasteiger partial charge in [-0.25, -0.2) is 4.79 Å². The monoisotopic (exact) mass is 220 g/mol. The van der Waals surface area contributed by atoms with Gasteiger partial charge in [0.1, 0.15) is 6.61 Å². The molecule has 0 radical (unpaired) electrons. The van der Waals surface area contributed by atoms with E-state index in [1.807, 2.05) is 18.2 Å². The van der Waals surface area contributed by atoms with E-state index in [0.29, 0.717) is 12.3 Å². The van der Waals surface area contributed by atoms with E-state index in [0.717, 1.165) is 5.56 Å². The number of hydrogen-bond donors (Lipinski definition) is 2. The third kappa shape index (κ3) is 2.31. The molecule has 0 spiro atoms. The van der Waals surface area contributed by atoms with Gasteiger partial charge in [0.05, 0.1) is 6.04 Å². The van der Waals surface area contributed by atoms with Crippen LogP contribution >= 0.6 is 0 Å². The van der Waals surface area contributed by atoms with Crippen LogP contribution in [-0.4, -0.2) is 18.6 Å². The minimum Gasteiger partial charge on any atom is -0.447 e. The van der Waals surface area contributed by atoms with Gasteiger partial charge in [0.15, 0.2) is 0 Å². The van der Waals surface area contributed by atoms with Crippen molar-refractivity contribution in [1.29, 1.82) is 0 Å². The highest BCUT2D eigenvalue weighted by Crippen LogP contribution is 2.21. The Hall–Kier alpha value is -2.04. The Bertz CT molecular complexity index is 431. The first kappa shape index (κ1) is 10.5. The minimum absolute atomic E-state index is 0.121. The fourth-order valence-electron chi connectivity index (χ4n) is 1.60. The van der Waals surface area contributed by atoms with Crippen molar-refractivity contribution in [3.63, 3.8) is 0 Å². The van der Waals surface area contributed by atoms with Crippen LogP contribution in [0.5, 0.6) is 0 Å². The zero-order chi connectivity index (χ0) is 11.5. The summed E-state index contributed by atoms with van der Waals surface area (Å²) in [5.41, 5.74) is 1.63. The lowest BCUT2D eigenvalue weighted by molar-refractivity contribution is -0.114. The highest BCUT2D eigenvalue weighted by atomic mass is 16.6. The highest BCUT2D eigenvalue weighted by molar-refractivity contribution is 5.88. The predicted molar refractivity (Wildman–Crippen MR) is 58.0 cm³/mol. The average Bonchev–Trinajstić information content (AvgIpc) is 2.64. The summed E-state index contributed by atoms with van der Waals surface area (Å²) in [5, 5.41) is 5.36. The summed E-state index contributed by atoms with van der Waals surface area (Å²) in [4.78, 5) is 21.8. The van der Waals surface area contributed by atoms with Gasteiger partial charge in [-0.3, -0.25) is 4.79 Å². The van der Waals surface area contributed by atoms with Crippen LogP contribution in [0.2, 0.25) is 0 Å². The first-order valence-corrected chi connectivity index (χ1v) is 4.96. The molecule has 5 nitrogen and oxygen atoms in total. The maximum Gasteiger partial charge on any atom is 0.407 e. The van der Waals surface area contributed by atoms with Crippen molar-refractivity contribution in [2.24, 2.45) is 0 Å². The largest absolute Gasteiger partial charge is 0.447 e. The van der Waals surface area contributed by atoms with Gasteiger partial charge < -0.3 is 15.4 Å². The van der Waals surface area contributed by atoms with Crippen LogP contribution in [0.25, 0.3) is 0 Å². The van der Waals surface area contributed by atoms with Crippen molar-refractivity contribution in [3.8, 4) is 0 Å². The molecule has 0 aromatic heterocycles. The van der Waals surface area contributed by atoms with Crippen LogP contribution < -0.4 is 10.6 Å². The summed E-state index contributed by atoms with van der Waals surface area (Å²) in [7, 11) is 0. The second-order valence-electron chi connectivity index (χ2n) is 3.60. The lowest BCUT2D eigenvalue weighted by Gasteiger charge is -2.09. The molecule has 0 aliphatic carbocycles. The molecule has 0 bridgehead atoms. The molecule has 5 heteroatoms. The van der Waals surface area contributed by atoms with Crippen LogP contribution in [0.3, 0.4) is 0 Å². The predicted octanol–water partition coefficient (Wildman–Crippen LogP) is 1.43. The Kier molecular flexibility index (Phi) is 2.76. The highest BCUT2D eigenvalue weighted by Gasteiger charge is 2.23. The lowest BCUT2D eigenvalue weighted by Crippen LogP contribution is -2.18. The summed E-state index contributed by atoms with van der Waals surface area (Å²) >= 11 is 0. The van der Waals surface area contributed by atoms with Crippen molar-refractivity contribution in [3.05, 3.63) is 29.8 Å². The molecule has 1 atom stereocenters. The van der Waals surface area contributed by atoms with E-state index in [-0.39, 0.29) is 11.9 Å². The average molecular weight is 220 g/mol. The molecule has 2 N–H and O–H groups in total. The number of cyclic esters (lactones) is 1. The van der Waals surface area contributed by atoms with Crippen molar-refractivity contribution >= 4 is 17.7 Å². The number of carbonyl (C=O) groups is 2. The van der Waals surface area contributed by atoms with Crippen molar-refractivity contribution in [1.82, 2.24) is 5.32 Å². The summed E-state index contributed by atoms with van der Waals surface area (Å²) in [6.45, 7) is 1.77. The van der Waals surface area contributed by atoms with E-state index in [2.05, 4.69) is 10.6 Å². The number of nitrogens with one attached hydrogen (secondary N) is 2. The molecule has 1 heterocycles. The summed E-state index contributed by atoms with van der Waals surface area (Å²) in [5.74, 6) is -0.121. The van der Waals surface area contributed by atoms with Gasteiger partial charge >= 0.3 is 6.09 Å². The van der Waals surface area contributed by atoms with E-state index in [1.165, 1.54) is 6.92 Å². The standard InChI is InChI=1S/C11H12N2O3/c1-7(14)12-9-4-2-3-8(5-9)10-6-16-11(15)13-10/h2-5,10H,6H2,1H3,(H,12,14)(H,13,15). The number of amides is 2. The first-order chi connectivity index (χ1) is 7.65. The molecule has 2 amide bonds. The van der Waals surface area contributed by atoms with Crippen molar-refractivity contribution in [2.75, 3.05) is 11.9 Å². The molecule has 2 rings (SSSR count). The number of carbonyl (C=O) groups excluding carboxylic acids is 2. The van der Waals surface area contributed by atoms with Gasteiger partial charge in [-0.05, 0) is 17.7 Å². The number of alkyl carbamates (subject to hydrolysis) is 1. The van der Waals surface area contributed by atoms with Gasteiger partial charge in [-0.1, -0.05) is 12.1 Å². The van der Waals surface area contributed by atoms with Crippen LogP contribution in [-0.2, 0) is 9.53 Å². The Morgan fingerprint density at radius 2 is 2.38 bits per heavy atom. The summed E-state index contributed by atoms with van der Waals surface area (Å²) < 4.78 is 4.80. The van der Waals surface area contributed by atoms with Gasteiger partial charge in [0.25, 0.3) is 0 Å². The van der Waals surface area contributed by atoms with E-state index < -0.39 is 6.09 Å². The van der Waals surface area contributed by atoms with Gasteiger partial charge in [-0.2, -0.15) is 0 Å². The molecule has 1 fully saturated rings. The SMILES string of the molecule is CC(=O)Nc1cccc(C2COC(=O)N2)c1. The normalized spacial score (nSPS) is 18.8. The second-order valence-corrected chi connectivity index (χ2v) is 3.60. The van der Waals surface area contributed by atoms with E-state index in [4.69, 9.17) is 4.74 Å². The summed E-state index contributed by atoms with van der Waals surface area (Å²) in [6.07, 6.45) is -0.407. The number of rotatable bonds is 2. The topological polar surface area (TPSA) is 67.4 Å². The maximum absolute atomic E-state index is 10.9. The van der Waals surface area contributed by atoms with Gasteiger partial charge in [-0.15, -0.1) is 0 Å². The molecule has 1 unspecified atom stereocenters. The fraction of sp³-hybridized carbons (Fsp3) is 0.273. The van der Waals surface area contributed by atoms with Crippen molar-refractivity contribution < 1.29 is 14.3 Å². The third-order valence-electron chi connectivity index (χ3n) is 2.28. The van der Waals surface area contributed by atoms with Gasteiger partial charge in [0, 0.05) is 12.6 Å². The van der Waals surface area contributed by atoms with Crippen molar-refractivity contribution in [2.45, 2.75) is 13.0 Å². The molecule has 1 aromatic rings. The molecule has 84 valence electrons. The Morgan fingerprint density at radius 3 is 3.00 bits per heavy atom. The number of hydrogen-bond acceptors (Lipinski definition) is 3. The Balaban J connectivity index is 2.15. The number of ether oxygens (including phenoxy) is 1. The molecule has 1 aromatic carbocycles. The zero-order valence-corrected chi connectivity index (χ0v) is 8.82. The van der Waals surface area contributed by atoms with Crippen LogP contribution in [0.15, 0.2) is 24.3 Å². The van der Waals surface area contributed by atoms with Crippen LogP contribution in [0, 0.1) is 0 Å². The third-order valence-corrected chi connectivity index (χ3v) is 2.28. The Morgan fingerprint density at radius 1 is 1.56 bits per heavy atom. The summed E-state index contributed by atoms with van der Waals surface area (Å²) in [6, 6.07) is 7.18. The molecule has 1 aliphatic rings. The fourth-order valence-corrected chi connectivity index (χ4v) is 1.60. The van der Waals surface area contributed by atoms with Gasteiger partial charge in [0.2, 0.25) is 5.91 Å². The maximum atomic E-state index is 10.9. The quantitative estimate of drug-likeness (QED) is 0.792. The number of benzene rings is 1. The second kappa shape index (κ2) is 4.22. The Labute approximate surface area is 92.8 Å². The lowest BCUT2D eigenvalue weighted by atomic mass is 10.1. The molecule has 1 aliphatic heterocycles. The zero-order valence-electron chi connectivity index (χ0n) is 8.82. The molecule has 1 saturated heterocycles. The molecular weight excluding hydrogens is 208 g/mol. The van der Waals surface area contributed by atoms with Crippen LogP contribution in [0.1, 0.15) is 18.5 Å². The molecule has 16 heavy (non-hydrogen) atoms. The van der Waals surface area contributed by atoms with E-state index in [9.17, 15) is 9.59 Å².